The van der Waals surface area contributed by atoms with Gasteiger partial charge in [-0.25, -0.2) is 0 Å². The van der Waals surface area contributed by atoms with Crippen molar-refractivity contribution in [1.82, 2.24) is 14.8 Å². The van der Waals surface area contributed by atoms with Gasteiger partial charge in [0.25, 0.3) is 11.8 Å². The monoisotopic (exact) mass is 465 g/mol. The molecule has 12 heteroatoms. The third-order valence-electron chi connectivity index (χ3n) is 4.73. The van der Waals surface area contributed by atoms with Crippen LogP contribution in [0.4, 0.5) is 24.5 Å². The average molecular weight is 466 g/mol. The van der Waals surface area contributed by atoms with Gasteiger partial charge in [-0.1, -0.05) is 11.6 Å². The zero-order valence-electron chi connectivity index (χ0n) is 16.4. The average Bonchev–Trinajstić information content (AvgIpc) is 3.16. The van der Waals surface area contributed by atoms with Gasteiger partial charge in [-0.2, -0.15) is 5.10 Å². The molecule has 3 aromatic rings. The molecule has 0 saturated heterocycles. The van der Waals surface area contributed by atoms with Gasteiger partial charge in [0.15, 0.2) is 5.69 Å². The second-order valence-electron chi connectivity index (χ2n) is 6.97. The van der Waals surface area contributed by atoms with Gasteiger partial charge in [-0.15, -0.1) is 13.2 Å². The number of hydrogen-bond donors (Lipinski definition) is 1. The van der Waals surface area contributed by atoms with Crippen molar-refractivity contribution >= 4 is 34.8 Å². The second kappa shape index (κ2) is 8.15. The Kier molecular flexibility index (Phi) is 5.51. The lowest BCUT2D eigenvalue weighted by molar-refractivity contribution is -0.274. The number of fused-ring (bicyclic) bond motifs is 1. The Balaban J connectivity index is 1.63. The van der Waals surface area contributed by atoms with Gasteiger partial charge in [-0.05, 0) is 37.3 Å². The van der Waals surface area contributed by atoms with Crippen LogP contribution in [0.1, 0.15) is 33.8 Å². The number of nitrogens with one attached hydrogen (secondary N) is 1. The highest BCUT2D eigenvalue weighted by molar-refractivity contribution is 6.32. The van der Waals surface area contributed by atoms with Gasteiger partial charge in [0.05, 0.1) is 28.5 Å². The summed E-state index contributed by atoms with van der Waals surface area (Å²) in [5.74, 6) is -1.54. The smallest absolute Gasteiger partial charge is 0.404 e. The third-order valence-corrected chi connectivity index (χ3v) is 5.03. The lowest BCUT2D eigenvalue weighted by Gasteiger charge is -2.32. The van der Waals surface area contributed by atoms with Gasteiger partial charge in [-0.3, -0.25) is 19.3 Å². The number of hydrogen-bond acceptors (Lipinski definition) is 5. The summed E-state index contributed by atoms with van der Waals surface area (Å²) in [7, 11) is 0. The van der Waals surface area contributed by atoms with Crippen molar-refractivity contribution in [3.05, 3.63) is 65.2 Å². The van der Waals surface area contributed by atoms with Crippen molar-refractivity contribution in [2.45, 2.75) is 19.3 Å². The van der Waals surface area contributed by atoms with Crippen LogP contribution in [0.25, 0.3) is 0 Å². The van der Waals surface area contributed by atoms with Crippen LogP contribution in [-0.4, -0.2) is 39.5 Å². The molecule has 0 unspecified atom stereocenters. The number of anilines is 2. The number of pyridine rings is 1. The Labute approximate surface area is 184 Å². The molecule has 0 saturated carbocycles. The predicted molar refractivity (Wildman–Crippen MR) is 109 cm³/mol. The van der Waals surface area contributed by atoms with Crippen molar-refractivity contribution in [1.29, 1.82) is 0 Å². The van der Waals surface area contributed by atoms with Gasteiger partial charge in [0.2, 0.25) is 0 Å². The maximum absolute atomic E-state index is 13.2. The van der Waals surface area contributed by atoms with Gasteiger partial charge < -0.3 is 15.0 Å². The van der Waals surface area contributed by atoms with E-state index in [1.54, 1.807) is 12.1 Å². The number of alkyl halides is 3. The van der Waals surface area contributed by atoms with Crippen molar-refractivity contribution in [3.63, 3.8) is 0 Å². The molecule has 2 amide bonds. The van der Waals surface area contributed by atoms with Gasteiger partial charge >= 0.3 is 6.36 Å². The largest absolute Gasteiger partial charge is 0.573 e. The van der Waals surface area contributed by atoms with E-state index >= 15 is 0 Å². The Morgan fingerprint density at radius 1 is 1.28 bits per heavy atom. The molecule has 0 radical (unpaired) electrons. The van der Waals surface area contributed by atoms with Crippen molar-refractivity contribution in [2.24, 2.45) is 0 Å². The van der Waals surface area contributed by atoms with Crippen molar-refractivity contribution < 1.29 is 27.5 Å². The maximum atomic E-state index is 13.2. The predicted octanol–water partition coefficient (Wildman–Crippen LogP) is 4.30. The highest BCUT2D eigenvalue weighted by Crippen LogP contribution is 2.36. The first kappa shape index (κ1) is 21.6. The maximum Gasteiger partial charge on any atom is 0.573 e. The Morgan fingerprint density at radius 2 is 2.06 bits per heavy atom. The first-order valence-corrected chi connectivity index (χ1v) is 9.68. The quantitative estimate of drug-likeness (QED) is 0.620. The van der Waals surface area contributed by atoms with Gasteiger partial charge in [0.1, 0.15) is 5.75 Å². The van der Waals surface area contributed by atoms with E-state index in [-0.39, 0.29) is 34.7 Å². The molecule has 166 valence electrons. The SMILES string of the molecule is C[C@H]1CN(c2ccc(OC(F)(F)F)c(Cl)c2)C(=O)c2c(NC(=O)c3cccnc3)cnn21. The summed E-state index contributed by atoms with van der Waals surface area (Å²) in [5.41, 5.74) is 0.905. The van der Waals surface area contributed by atoms with Crippen LogP contribution in [0.3, 0.4) is 0 Å². The lowest BCUT2D eigenvalue weighted by Crippen LogP contribution is -2.43. The molecule has 2 aromatic heterocycles. The summed E-state index contributed by atoms with van der Waals surface area (Å²) < 4.78 is 42.8. The van der Waals surface area contributed by atoms with E-state index in [2.05, 4.69) is 20.1 Å². The number of carbonyl (C=O) groups is 2. The Hall–Kier alpha value is -3.60. The molecule has 4 rings (SSSR count). The summed E-state index contributed by atoms with van der Waals surface area (Å²) in [6, 6.07) is 6.45. The molecule has 32 heavy (non-hydrogen) atoms. The standard InChI is InChI=1S/C20H15ClF3N5O3/c1-11-10-28(13-4-5-16(14(21)7-13)32-20(22,23)24)19(31)17-15(9-26-29(11)17)27-18(30)12-3-2-6-25-8-12/h2-9,11H,10H2,1H3,(H,27,30)/t11-/m0/s1. The highest BCUT2D eigenvalue weighted by atomic mass is 35.5. The summed E-state index contributed by atoms with van der Waals surface area (Å²) in [6.07, 6.45) is -0.615. The Bertz CT molecular complexity index is 1180. The van der Waals surface area contributed by atoms with Gasteiger partial charge in [0, 0.05) is 24.6 Å². The summed E-state index contributed by atoms with van der Waals surface area (Å²) in [5, 5.41) is 6.56. The minimum absolute atomic E-state index is 0.132. The topological polar surface area (TPSA) is 89.3 Å². The lowest BCUT2D eigenvalue weighted by atomic mass is 10.1. The van der Waals surface area contributed by atoms with Crippen molar-refractivity contribution in [3.8, 4) is 5.75 Å². The number of nitrogens with zero attached hydrogens (tertiary/aromatic N) is 4. The molecule has 1 atom stereocenters. The van der Waals surface area contributed by atoms with Crippen LogP contribution in [0, 0.1) is 0 Å². The molecule has 3 heterocycles. The number of ether oxygens (including phenoxy) is 1. The van der Waals surface area contributed by atoms with Crippen LogP contribution >= 0.6 is 11.6 Å². The molecule has 8 nitrogen and oxygen atoms in total. The van der Waals surface area contributed by atoms with E-state index in [9.17, 15) is 22.8 Å². The van der Waals surface area contributed by atoms with E-state index in [0.717, 1.165) is 6.07 Å². The Morgan fingerprint density at radius 3 is 2.72 bits per heavy atom. The molecule has 1 N–H and O–H groups in total. The highest BCUT2D eigenvalue weighted by Gasteiger charge is 2.35. The summed E-state index contributed by atoms with van der Waals surface area (Å²) >= 11 is 5.94. The van der Waals surface area contributed by atoms with Crippen LogP contribution in [0.5, 0.6) is 5.75 Å². The molecular weight excluding hydrogens is 451 g/mol. The number of benzene rings is 1. The summed E-state index contributed by atoms with van der Waals surface area (Å²) in [6.45, 7) is 2.00. The molecule has 1 aliphatic heterocycles. The van der Waals surface area contributed by atoms with E-state index in [4.69, 9.17) is 11.6 Å². The van der Waals surface area contributed by atoms with E-state index in [0.29, 0.717) is 5.56 Å². The first-order valence-electron chi connectivity index (χ1n) is 9.30. The normalized spacial score (nSPS) is 16.0. The zero-order valence-corrected chi connectivity index (χ0v) is 17.2. The molecular formula is C20H15ClF3N5O3. The second-order valence-corrected chi connectivity index (χ2v) is 7.38. The van der Waals surface area contributed by atoms with Crippen LogP contribution in [-0.2, 0) is 0 Å². The number of amides is 2. The fraction of sp³-hybridized carbons (Fsp3) is 0.200. The molecule has 0 aliphatic carbocycles. The zero-order chi connectivity index (χ0) is 23.0. The molecule has 0 spiro atoms. The number of aromatic nitrogens is 3. The van der Waals surface area contributed by atoms with Crippen LogP contribution in [0.15, 0.2) is 48.9 Å². The molecule has 1 aromatic carbocycles. The molecule has 0 bridgehead atoms. The van der Waals surface area contributed by atoms with Crippen LogP contribution < -0.4 is 15.0 Å². The third kappa shape index (κ3) is 4.24. The van der Waals surface area contributed by atoms with E-state index in [1.165, 1.54) is 40.3 Å². The minimum Gasteiger partial charge on any atom is -0.404 e. The first-order chi connectivity index (χ1) is 15.1. The van der Waals surface area contributed by atoms with E-state index < -0.39 is 23.9 Å². The summed E-state index contributed by atoms with van der Waals surface area (Å²) in [4.78, 5) is 31.0. The molecule has 0 fully saturated rings. The number of halogens is 4. The van der Waals surface area contributed by atoms with Crippen molar-refractivity contribution in [2.75, 3.05) is 16.8 Å². The minimum atomic E-state index is -4.89. The van der Waals surface area contributed by atoms with Crippen LogP contribution in [0.2, 0.25) is 5.02 Å². The van der Waals surface area contributed by atoms with E-state index in [1.807, 2.05) is 6.92 Å². The number of rotatable bonds is 4. The number of carbonyl (C=O) groups excluding carboxylic acids is 2. The fourth-order valence-electron chi connectivity index (χ4n) is 3.33. The molecule has 1 aliphatic rings. The fourth-order valence-corrected chi connectivity index (χ4v) is 3.55.